The van der Waals surface area contributed by atoms with Crippen LogP contribution in [0.25, 0.3) is 0 Å². The number of benzene rings is 2. The van der Waals surface area contributed by atoms with Gasteiger partial charge in [-0.05, 0) is 54.8 Å². The molecule has 2 aromatic rings. The van der Waals surface area contributed by atoms with Crippen LogP contribution in [0.15, 0.2) is 52.0 Å². The maximum atomic E-state index is 11.7. The van der Waals surface area contributed by atoms with Crippen molar-refractivity contribution in [2.24, 2.45) is 5.10 Å². The van der Waals surface area contributed by atoms with E-state index in [2.05, 4.69) is 38.7 Å². The van der Waals surface area contributed by atoms with Crippen molar-refractivity contribution in [1.82, 2.24) is 5.43 Å². The molecule has 22 heavy (non-hydrogen) atoms. The summed E-state index contributed by atoms with van der Waals surface area (Å²) in [6.45, 7) is 4.28. The normalized spacial score (nSPS) is 10.7. The molecule has 0 unspecified atom stereocenters. The maximum Gasteiger partial charge on any atom is 0.259 e. The van der Waals surface area contributed by atoms with Crippen molar-refractivity contribution in [3.63, 3.8) is 0 Å². The maximum absolute atomic E-state index is 11.7. The molecule has 0 radical (unpaired) electrons. The Morgan fingerprint density at radius 2 is 2.00 bits per heavy atom. The predicted octanol–water partition coefficient (Wildman–Crippen LogP) is 3.63. The first-order valence-corrected chi connectivity index (χ1v) is 7.72. The first kappa shape index (κ1) is 16.2. The van der Waals surface area contributed by atoms with E-state index in [9.17, 15) is 4.79 Å². The van der Waals surface area contributed by atoms with Gasteiger partial charge in [-0.25, -0.2) is 5.43 Å². The third kappa shape index (κ3) is 5.00. The third-order valence-corrected chi connectivity index (χ3v) is 3.70. The Labute approximate surface area is 138 Å². The Balaban J connectivity index is 1.81. The Morgan fingerprint density at radius 3 is 2.73 bits per heavy atom. The number of rotatable bonds is 5. The molecular formula is C17H18BrN3O. The predicted molar refractivity (Wildman–Crippen MR) is 94.3 cm³/mol. The van der Waals surface area contributed by atoms with Crippen LogP contribution in [0.1, 0.15) is 16.7 Å². The standard InChI is InChI=1S/C17H18BrN3O/c1-12-6-7-16(8-13(12)2)19-11-17(22)21-20-10-14-4-3-5-15(18)9-14/h3-10,19H,11H2,1-2H3,(H,21,22). The van der Waals surface area contributed by atoms with Crippen LogP contribution in [-0.2, 0) is 4.79 Å². The number of halogens is 1. The lowest BCUT2D eigenvalue weighted by Gasteiger charge is -2.07. The van der Waals surface area contributed by atoms with Crippen LogP contribution in [-0.4, -0.2) is 18.7 Å². The van der Waals surface area contributed by atoms with E-state index in [1.807, 2.05) is 49.4 Å². The number of hydrazone groups is 1. The fourth-order valence-corrected chi connectivity index (χ4v) is 2.26. The van der Waals surface area contributed by atoms with E-state index in [-0.39, 0.29) is 12.5 Å². The molecule has 2 N–H and O–H groups in total. The van der Waals surface area contributed by atoms with E-state index in [1.54, 1.807) is 6.21 Å². The Morgan fingerprint density at radius 1 is 1.18 bits per heavy atom. The summed E-state index contributed by atoms with van der Waals surface area (Å²) in [5.41, 5.74) is 6.76. The SMILES string of the molecule is Cc1ccc(NCC(=O)NN=Cc2cccc(Br)c2)cc1C. The highest BCUT2D eigenvalue weighted by Crippen LogP contribution is 2.13. The Bertz CT molecular complexity index is 698. The van der Waals surface area contributed by atoms with Gasteiger partial charge < -0.3 is 5.32 Å². The van der Waals surface area contributed by atoms with E-state index in [1.165, 1.54) is 11.1 Å². The number of hydrogen-bond acceptors (Lipinski definition) is 3. The molecule has 114 valence electrons. The summed E-state index contributed by atoms with van der Waals surface area (Å²) in [4.78, 5) is 11.7. The quantitative estimate of drug-likeness (QED) is 0.632. The fraction of sp³-hybridized carbons (Fsp3) is 0.176. The molecule has 0 heterocycles. The van der Waals surface area contributed by atoms with Gasteiger partial charge in [0.25, 0.3) is 5.91 Å². The number of hydrogen-bond donors (Lipinski definition) is 2. The monoisotopic (exact) mass is 359 g/mol. The van der Waals surface area contributed by atoms with E-state index in [0.717, 1.165) is 15.7 Å². The smallest absolute Gasteiger partial charge is 0.259 e. The molecule has 1 amide bonds. The highest BCUT2D eigenvalue weighted by Gasteiger charge is 2.00. The molecule has 2 aromatic carbocycles. The second-order valence-electron chi connectivity index (χ2n) is 5.00. The Kier molecular flexibility index (Phi) is 5.72. The van der Waals surface area contributed by atoms with Gasteiger partial charge >= 0.3 is 0 Å². The number of nitrogens with zero attached hydrogens (tertiary/aromatic N) is 1. The topological polar surface area (TPSA) is 53.5 Å². The van der Waals surface area contributed by atoms with Crippen molar-refractivity contribution in [2.75, 3.05) is 11.9 Å². The van der Waals surface area contributed by atoms with Crippen molar-refractivity contribution in [3.8, 4) is 0 Å². The summed E-state index contributed by atoms with van der Waals surface area (Å²) >= 11 is 3.39. The molecule has 0 saturated heterocycles. The van der Waals surface area contributed by atoms with Crippen molar-refractivity contribution in [3.05, 3.63) is 63.6 Å². The van der Waals surface area contributed by atoms with E-state index < -0.39 is 0 Å². The molecule has 0 spiro atoms. The van der Waals surface area contributed by atoms with Gasteiger partial charge in [0.1, 0.15) is 0 Å². The van der Waals surface area contributed by atoms with Gasteiger partial charge in [-0.1, -0.05) is 34.1 Å². The second-order valence-corrected chi connectivity index (χ2v) is 5.92. The molecule has 0 aromatic heterocycles. The summed E-state index contributed by atoms with van der Waals surface area (Å²) in [5, 5.41) is 7.02. The van der Waals surface area contributed by atoms with Crippen LogP contribution < -0.4 is 10.7 Å². The van der Waals surface area contributed by atoms with Crippen LogP contribution in [0.3, 0.4) is 0 Å². The summed E-state index contributed by atoms with van der Waals surface area (Å²) in [6.07, 6.45) is 1.61. The first-order chi connectivity index (χ1) is 10.5. The minimum Gasteiger partial charge on any atom is -0.376 e. The van der Waals surface area contributed by atoms with Crippen LogP contribution >= 0.6 is 15.9 Å². The highest BCUT2D eigenvalue weighted by atomic mass is 79.9. The van der Waals surface area contributed by atoms with Gasteiger partial charge in [0.2, 0.25) is 0 Å². The zero-order chi connectivity index (χ0) is 15.9. The molecule has 2 rings (SSSR count). The number of nitrogens with one attached hydrogen (secondary N) is 2. The van der Waals surface area contributed by atoms with Crippen molar-refractivity contribution in [1.29, 1.82) is 0 Å². The van der Waals surface area contributed by atoms with Gasteiger partial charge in [0, 0.05) is 10.2 Å². The summed E-state index contributed by atoms with van der Waals surface area (Å²) < 4.78 is 0.971. The van der Waals surface area contributed by atoms with Gasteiger partial charge in [-0.2, -0.15) is 5.10 Å². The fourth-order valence-electron chi connectivity index (χ4n) is 1.84. The van der Waals surface area contributed by atoms with Crippen LogP contribution in [0.2, 0.25) is 0 Å². The van der Waals surface area contributed by atoms with Gasteiger partial charge in [-0.15, -0.1) is 0 Å². The van der Waals surface area contributed by atoms with Gasteiger partial charge in [0.15, 0.2) is 0 Å². The second kappa shape index (κ2) is 7.75. The average Bonchev–Trinajstić information content (AvgIpc) is 2.48. The lowest BCUT2D eigenvalue weighted by Crippen LogP contribution is -2.25. The Hall–Kier alpha value is -2.14. The molecule has 0 aliphatic carbocycles. The number of carbonyl (C=O) groups is 1. The first-order valence-electron chi connectivity index (χ1n) is 6.93. The van der Waals surface area contributed by atoms with Gasteiger partial charge in [0.05, 0.1) is 12.8 Å². The van der Waals surface area contributed by atoms with E-state index >= 15 is 0 Å². The lowest BCUT2D eigenvalue weighted by atomic mass is 10.1. The average molecular weight is 360 g/mol. The number of aryl methyl sites for hydroxylation is 2. The van der Waals surface area contributed by atoms with E-state index in [4.69, 9.17) is 0 Å². The van der Waals surface area contributed by atoms with Crippen molar-refractivity contribution in [2.45, 2.75) is 13.8 Å². The number of carbonyl (C=O) groups excluding carboxylic acids is 1. The molecule has 0 bridgehead atoms. The van der Waals surface area contributed by atoms with Crippen LogP contribution in [0.5, 0.6) is 0 Å². The molecule has 5 heteroatoms. The zero-order valence-corrected chi connectivity index (χ0v) is 14.1. The lowest BCUT2D eigenvalue weighted by molar-refractivity contribution is -0.119. The summed E-state index contributed by atoms with van der Waals surface area (Å²) in [6, 6.07) is 13.7. The van der Waals surface area contributed by atoms with Crippen molar-refractivity contribution >= 4 is 33.7 Å². The van der Waals surface area contributed by atoms with Crippen LogP contribution in [0.4, 0.5) is 5.69 Å². The highest BCUT2D eigenvalue weighted by molar-refractivity contribution is 9.10. The molecular weight excluding hydrogens is 342 g/mol. The minimum absolute atomic E-state index is 0.179. The number of amides is 1. The molecule has 4 nitrogen and oxygen atoms in total. The summed E-state index contributed by atoms with van der Waals surface area (Å²) in [5.74, 6) is -0.190. The summed E-state index contributed by atoms with van der Waals surface area (Å²) in [7, 11) is 0. The van der Waals surface area contributed by atoms with Crippen LogP contribution in [0, 0.1) is 13.8 Å². The van der Waals surface area contributed by atoms with Gasteiger partial charge in [-0.3, -0.25) is 4.79 Å². The van der Waals surface area contributed by atoms with E-state index in [0.29, 0.717) is 0 Å². The number of anilines is 1. The van der Waals surface area contributed by atoms with Crippen molar-refractivity contribution < 1.29 is 4.79 Å². The molecule has 0 saturated carbocycles. The largest absolute Gasteiger partial charge is 0.376 e. The zero-order valence-electron chi connectivity index (χ0n) is 12.6. The molecule has 0 atom stereocenters. The third-order valence-electron chi connectivity index (χ3n) is 3.21. The molecule has 0 aliphatic rings. The minimum atomic E-state index is -0.190. The molecule has 0 aliphatic heterocycles. The molecule has 0 fully saturated rings.